The maximum absolute atomic E-state index is 11.4. The first kappa shape index (κ1) is 8.18. The number of amides is 1. The standard InChI is InChI=1S/C7H7N3O2S/c11-6-1-3-8-7(13)10(6)5-2-4-12-9-5/h2,4H,1,3H2,(H,8,13). The Morgan fingerprint density at radius 3 is 3.15 bits per heavy atom. The highest BCUT2D eigenvalue weighted by molar-refractivity contribution is 7.80. The molecule has 1 saturated heterocycles. The summed E-state index contributed by atoms with van der Waals surface area (Å²) in [5.41, 5.74) is 0. The third-order valence-electron chi connectivity index (χ3n) is 1.72. The van der Waals surface area contributed by atoms with Crippen molar-refractivity contribution in [3.63, 3.8) is 0 Å². The van der Waals surface area contributed by atoms with Crippen LogP contribution in [0.2, 0.25) is 0 Å². The van der Waals surface area contributed by atoms with Crippen LogP contribution in [0.5, 0.6) is 0 Å². The maximum Gasteiger partial charge on any atom is 0.236 e. The minimum absolute atomic E-state index is 0.0577. The fourth-order valence-corrected chi connectivity index (χ4v) is 1.43. The van der Waals surface area contributed by atoms with Gasteiger partial charge in [-0.1, -0.05) is 5.16 Å². The molecule has 0 aliphatic carbocycles. The summed E-state index contributed by atoms with van der Waals surface area (Å²) >= 11 is 4.96. The van der Waals surface area contributed by atoms with Crippen molar-refractivity contribution < 1.29 is 9.32 Å². The number of anilines is 1. The van der Waals surface area contributed by atoms with Gasteiger partial charge in [0.2, 0.25) is 5.91 Å². The number of thiocarbonyl (C=S) groups is 1. The molecule has 6 heteroatoms. The zero-order chi connectivity index (χ0) is 9.26. The fraction of sp³-hybridized carbons (Fsp3) is 0.286. The van der Waals surface area contributed by atoms with E-state index in [9.17, 15) is 4.79 Å². The number of carbonyl (C=O) groups is 1. The van der Waals surface area contributed by atoms with Crippen LogP contribution in [0.15, 0.2) is 16.9 Å². The molecular weight excluding hydrogens is 190 g/mol. The van der Waals surface area contributed by atoms with Gasteiger partial charge < -0.3 is 9.84 Å². The zero-order valence-electron chi connectivity index (χ0n) is 6.69. The lowest BCUT2D eigenvalue weighted by molar-refractivity contribution is -0.118. The summed E-state index contributed by atoms with van der Waals surface area (Å²) in [7, 11) is 0. The molecule has 2 rings (SSSR count). The Kier molecular flexibility index (Phi) is 1.97. The molecule has 0 aromatic carbocycles. The first-order valence-electron chi connectivity index (χ1n) is 3.80. The average molecular weight is 197 g/mol. The van der Waals surface area contributed by atoms with Crippen molar-refractivity contribution in [1.29, 1.82) is 0 Å². The van der Waals surface area contributed by atoms with Crippen LogP contribution in [0.3, 0.4) is 0 Å². The van der Waals surface area contributed by atoms with E-state index in [-0.39, 0.29) is 5.91 Å². The van der Waals surface area contributed by atoms with E-state index >= 15 is 0 Å². The molecule has 1 aliphatic rings. The molecule has 2 heterocycles. The van der Waals surface area contributed by atoms with Gasteiger partial charge in [0.25, 0.3) is 0 Å². The van der Waals surface area contributed by atoms with E-state index in [1.807, 2.05) is 0 Å². The summed E-state index contributed by atoms with van der Waals surface area (Å²) in [5.74, 6) is 0.375. The third-order valence-corrected chi connectivity index (χ3v) is 2.05. The maximum atomic E-state index is 11.4. The largest absolute Gasteiger partial charge is 0.363 e. The Balaban J connectivity index is 2.29. The second-order valence-corrected chi connectivity index (χ2v) is 2.96. The lowest BCUT2D eigenvalue weighted by Crippen LogP contribution is -2.50. The Morgan fingerprint density at radius 2 is 2.54 bits per heavy atom. The van der Waals surface area contributed by atoms with Gasteiger partial charge in [-0.15, -0.1) is 0 Å². The summed E-state index contributed by atoms with van der Waals surface area (Å²) in [6.07, 6.45) is 1.83. The molecule has 1 aliphatic heterocycles. The zero-order valence-corrected chi connectivity index (χ0v) is 7.50. The number of nitrogens with zero attached hydrogens (tertiary/aromatic N) is 2. The van der Waals surface area contributed by atoms with Crippen molar-refractivity contribution in [2.45, 2.75) is 6.42 Å². The van der Waals surface area contributed by atoms with E-state index in [1.54, 1.807) is 6.07 Å². The van der Waals surface area contributed by atoms with Crippen molar-refractivity contribution in [3.05, 3.63) is 12.3 Å². The van der Waals surface area contributed by atoms with Crippen LogP contribution in [0.4, 0.5) is 5.82 Å². The molecule has 0 spiro atoms. The van der Waals surface area contributed by atoms with Crippen molar-refractivity contribution in [1.82, 2.24) is 10.5 Å². The van der Waals surface area contributed by atoms with E-state index < -0.39 is 0 Å². The Morgan fingerprint density at radius 1 is 1.69 bits per heavy atom. The van der Waals surface area contributed by atoms with Crippen LogP contribution < -0.4 is 10.2 Å². The van der Waals surface area contributed by atoms with Gasteiger partial charge >= 0.3 is 0 Å². The Hall–Kier alpha value is -1.43. The van der Waals surface area contributed by atoms with Gasteiger partial charge in [0.05, 0.1) is 0 Å². The van der Waals surface area contributed by atoms with Crippen molar-refractivity contribution in [2.75, 3.05) is 11.4 Å². The predicted molar refractivity (Wildman–Crippen MR) is 49.2 cm³/mol. The highest BCUT2D eigenvalue weighted by Crippen LogP contribution is 2.14. The van der Waals surface area contributed by atoms with Crippen LogP contribution >= 0.6 is 12.2 Å². The van der Waals surface area contributed by atoms with Crippen LogP contribution in [0, 0.1) is 0 Å². The molecule has 1 amide bonds. The fourth-order valence-electron chi connectivity index (χ4n) is 1.13. The number of carbonyl (C=O) groups excluding carboxylic acids is 1. The molecule has 1 aromatic heterocycles. The molecule has 1 fully saturated rings. The molecule has 1 aromatic rings. The van der Waals surface area contributed by atoms with Crippen LogP contribution in [0.1, 0.15) is 6.42 Å². The van der Waals surface area contributed by atoms with Crippen molar-refractivity contribution >= 4 is 29.1 Å². The summed E-state index contributed by atoms with van der Waals surface area (Å²) in [5, 5.41) is 6.93. The van der Waals surface area contributed by atoms with Gasteiger partial charge in [0, 0.05) is 19.0 Å². The minimum atomic E-state index is -0.0577. The predicted octanol–water partition coefficient (Wildman–Crippen LogP) is 0.286. The smallest absolute Gasteiger partial charge is 0.236 e. The highest BCUT2D eigenvalue weighted by Gasteiger charge is 2.25. The van der Waals surface area contributed by atoms with Gasteiger partial charge in [-0.3, -0.25) is 4.79 Å². The first-order valence-corrected chi connectivity index (χ1v) is 4.21. The minimum Gasteiger partial charge on any atom is -0.363 e. The molecule has 0 radical (unpaired) electrons. The third kappa shape index (κ3) is 1.40. The molecule has 0 atom stereocenters. The molecule has 13 heavy (non-hydrogen) atoms. The topological polar surface area (TPSA) is 58.4 Å². The van der Waals surface area contributed by atoms with E-state index in [4.69, 9.17) is 12.2 Å². The molecule has 0 bridgehead atoms. The van der Waals surface area contributed by atoms with E-state index in [2.05, 4.69) is 15.0 Å². The average Bonchev–Trinajstić information content (AvgIpc) is 2.57. The summed E-state index contributed by atoms with van der Waals surface area (Å²) in [4.78, 5) is 12.8. The number of rotatable bonds is 1. The summed E-state index contributed by atoms with van der Waals surface area (Å²) < 4.78 is 4.63. The van der Waals surface area contributed by atoms with Crippen LogP contribution in [-0.2, 0) is 4.79 Å². The molecular formula is C7H7N3O2S. The normalized spacial score (nSPS) is 17.4. The first-order chi connectivity index (χ1) is 6.29. The summed E-state index contributed by atoms with van der Waals surface area (Å²) in [6, 6.07) is 1.59. The molecule has 68 valence electrons. The van der Waals surface area contributed by atoms with Crippen LogP contribution in [-0.4, -0.2) is 22.7 Å². The second-order valence-electron chi connectivity index (χ2n) is 2.57. The molecule has 5 nitrogen and oxygen atoms in total. The number of hydrogen-bond acceptors (Lipinski definition) is 4. The molecule has 0 unspecified atom stereocenters. The van der Waals surface area contributed by atoms with Crippen LogP contribution in [0.25, 0.3) is 0 Å². The number of hydrogen-bond donors (Lipinski definition) is 1. The monoisotopic (exact) mass is 197 g/mol. The van der Waals surface area contributed by atoms with Gasteiger partial charge in [-0.05, 0) is 12.2 Å². The van der Waals surface area contributed by atoms with Gasteiger partial charge in [-0.25, -0.2) is 4.90 Å². The summed E-state index contributed by atoms with van der Waals surface area (Å²) in [6.45, 7) is 0.589. The van der Waals surface area contributed by atoms with Crippen molar-refractivity contribution in [3.8, 4) is 0 Å². The molecule has 1 N–H and O–H groups in total. The van der Waals surface area contributed by atoms with Crippen molar-refractivity contribution in [2.24, 2.45) is 0 Å². The lowest BCUT2D eigenvalue weighted by Gasteiger charge is -2.25. The quantitative estimate of drug-likeness (QED) is 0.655. The highest BCUT2D eigenvalue weighted by atomic mass is 32.1. The van der Waals surface area contributed by atoms with Gasteiger partial charge in [0.1, 0.15) is 6.26 Å². The molecule has 0 saturated carbocycles. The second kappa shape index (κ2) is 3.14. The van der Waals surface area contributed by atoms with E-state index in [0.29, 0.717) is 23.9 Å². The number of nitrogens with one attached hydrogen (secondary N) is 1. The Bertz CT molecular complexity index is 320. The lowest BCUT2D eigenvalue weighted by atomic mass is 10.3. The van der Waals surface area contributed by atoms with E-state index in [1.165, 1.54) is 11.2 Å². The SMILES string of the molecule is O=C1CCNC(=S)N1c1ccon1. The number of aromatic nitrogens is 1. The van der Waals surface area contributed by atoms with Gasteiger partial charge in [0.15, 0.2) is 10.9 Å². The van der Waals surface area contributed by atoms with Gasteiger partial charge in [-0.2, -0.15) is 0 Å². The Labute approximate surface area is 79.7 Å². The van der Waals surface area contributed by atoms with E-state index in [0.717, 1.165) is 0 Å².